The third-order valence-corrected chi connectivity index (χ3v) is 3.77. The molecule has 1 aromatic heterocycles. The molecule has 1 aliphatic heterocycles. The van der Waals surface area contributed by atoms with Crippen LogP contribution in [-0.4, -0.2) is 37.2 Å². The van der Waals surface area contributed by atoms with Crippen molar-refractivity contribution in [1.29, 1.82) is 0 Å². The minimum absolute atomic E-state index is 0.0862. The quantitative estimate of drug-likeness (QED) is 0.907. The van der Waals surface area contributed by atoms with Crippen LogP contribution < -0.4 is 10.6 Å². The molecule has 0 radical (unpaired) electrons. The number of rotatable bonds is 3. The van der Waals surface area contributed by atoms with Gasteiger partial charge in [-0.1, -0.05) is 24.3 Å². The zero-order chi connectivity index (χ0) is 14.7. The molecule has 0 bridgehead atoms. The highest BCUT2D eigenvalue weighted by Gasteiger charge is 2.19. The minimum Gasteiger partial charge on any atom is -0.379 e. The molecule has 1 atom stereocenters. The van der Waals surface area contributed by atoms with Gasteiger partial charge < -0.3 is 15.4 Å². The largest absolute Gasteiger partial charge is 0.379 e. The van der Waals surface area contributed by atoms with Crippen LogP contribution in [0.5, 0.6) is 0 Å². The molecule has 2 N–H and O–H groups in total. The highest BCUT2D eigenvalue weighted by atomic mass is 16.5. The maximum Gasteiger partial charge on any atom is 0.253 e. The summed E-state index contributed by atoms with van der Waals surface area (Å²) in [6.07, 6.45) is 3.58. The second-order valence-corrected chi connectivity index (χ2v) is 5.20. The first kappa shape index (κ1) is 13.8. The van der Waals surface area contributed by atoms with E-state index in [2.05, 4.69) is 15.6 Å². The van der Waals surface area contributed by atoms with Crippen molar-refractivity contribution in [3.05, 3.63) is 36.0 Å². The third kappa shape index (κ3) is 2.83. The van der Waals surface area contributed by atoms with Gasteiger partial charge >= 0.3 is 0 Å². The molecule has 1 aromatic carbocycles. The van der Waals surface area contributed by atoms with E-state index in [1.807, 2.05) is 31.3 Å². The van der Waals surface area contributed by atoms with Gasteiger partial charge in [0.15, 0.2) is 0 Å². The number of anilines is 1. The molecule has 0 spiro atoms. The summed E-state index contributed by atoms with van der Waals surface area (Å²) in [7, 11) is 1.83. The molecule has 5 heteroatoms. The molecule has 2 aromatic rings. The van der Waals surface area contributed by atoms with E-state index in [-0.39, 0.29) is 11.9 Å². The van der Waals surface area contributed by atoms with E-state index < -0.39 is 0 Å². The Bertz CT molecular complexity index is 651. The van der Waals surface area contributed by atoms with Gasteiger partial charge in [0.2, 0.25) is 0 Å². The van der Waals surface area contributed by atoms with E-state index >= 15 is 0 Å². The van der Waals surface area contributed by atoms with Crippen LogP contribution in [0.1, 0.15) is 23.2 Å². The number of amides is 1. The molecule has 110 valence electrons. The number of nitrogens with one attached hydrogen (secondary N) is 2. The third-order valence-electron chi connectivity index (χ3n) is 3.77. The summed E-state index contributed by atoms with van der Waals surface area (Å²) in [5.74, 6) is 0.694. The van der Waals surface area contributed by atoms with Crippen LogP contribution in [0.25, 0.3) is 10.8 Å². The summed E-state index contributed by atoms with van der Waals surface area (Å²) in [4.78, 5) is 16.8. The van der Waals surface area contributed by atoms with E-state index in [9.17, 15) is 4.79 Å². The van der Waals surface area contributed by atoms with E-state index in [0.717, 1.165) is 36.0 Å². The Labute approximate surface area is 123 Å². The summed E-state index contributed by atoms with van der Waals surface area (Å²) in [6, 6.07) is 7.89. The molecule has 0 saturated carbocycles. The van der Waals surface area contributed by atoms with Crippen LogP contribution in [0, 0.1) is 0 Å². The van der Waals surface area contributed by atoms with Gasteiger partial charge in [0.05, 0.1) is 18.2 Å². The molecular formula is C16H19N3O2. The molecule has 1 unspecified atom stereocenters. The Balaban J connectivity index is 1.91. The molecular weight excluding hydrogens is 266 g/mol. The zero-order valence-corrected chi connectivity index (χ0v) is 12.1. The smallest absolute Gasteiger partial charge is 0.253 e. The fraction of sp³-hybridized carbons (Fsp3) is 0.375. The number of pyridine rings is 1. The molecule has 3 rings (SSSR count). The van der Waals surface area contributed by atoms with Crippen molar-refractivity contribution < 1.29 is 9.53 Å². The number of benzene rings is 1. The van der Waals surface area contributed by atoms with Crippen molar-refractivity contribution in [2.45, 2.75) is 18.9 Å². The van der Waals surface area contributed by atoms with Gasteiger partial charge in [-0.05, 0) is 18.2 Å². The summed E-state index contributed by atoms with van der Waals surface area (Å²) in [6.45, 7) is 1.37. The average molecular weight is 285 g/mol. The summed E-state index contributed by atoms with van der Waals surface area (Å²) in [5.41, 5.74) is 0.607. The van der Waals surface area contributed by atoms with Crippen molar-refractivity contribution in [2.24, 2.45) is 0 Å². The van der Waals surface area contributed by atoms with Crippen molar-refractivity contribution in [2.75, 3.05) is 25.6 Å². The van der Waals surface area contributed by atoms with E-state index in [0.29, 0.717) is 12.2 Å². The van der Waals surface area contributed by atoms with Gasteiger partial charge in [0.25, 0.3) is 5.91 Å². The number of carbonyl (C=O) groups excluding carboxylic acids is 1. The molecule has 21 heavy (non-hydrogen) atoms. The van der Waals surface area contributed by atoms with Crippen molar-refractivity contribution in [3.8, 4) is 0 Å². The number of hydrogen-bond acceptors (Lipinski definition) is 4. The van der Waals surface area contributed by atoms with Crippen LogP contribution in [0.2, 0.25) is 0 Å². The van der Waals surface area contributed by atoms with Crippen LogP contribution in [0.15, 0.2) is 30.5 Å². The summed E-state index contributed by atoms with van der Waals surface area (Å²) in [5, 5.41) is 7.95. The van der Waals surface area contributed by atoms with Gasteiger partial charge in [0, 0.05) is 25.2 Å². The van der Waals surface area contributed by atoms with Gasteiger partial charge in [-0.15, -0.1) is 0 Å². The first-order chi connectivity index (χ1) is 10.3. The van der Waals surface area contributed by atoms with Gasteiger partial charge in [0.1, 0.15) is 5.82 Å². The number of ether oxygens (including phenoxy) is 1. The normalized spacial score (nSPS) is 18.4. The Morgan fingerprint density at radius 1 is 1.33 bits per heavy atom. The standard InChI is InChI=1S/C16H19N3O2/c1-17-15-13-7-3-2-6-12(13)14(9-18-15)16(20)19-11-5-4-8-21-10-11/h2-3,6-7,9,11H,4-5,8,10H2,1H3,(H,17,18)(H,19,20). The topological polar surface area (TPSA) is 63.2 Å². The second kappa shape index (κ2) is 6.10. The van der Waals surface area contributed by atoms with Gasteiger partial charge in [-0.3, -0.25) is 4.79 Å². The lowest BCUT2D eigenvalue weighted by molar-refractivity contribution is 0.0624. The second-order valence-electron chi connectivity index (χ2n) is 5.20. The molecule has 1 saturated heterocycles. The van der Waals surface area contributed by atoms with Crippen molar-refractivity contribution in [3.63, 3.8) is 0 Å². The van der Waals surface area contributed by atoms with Crippen LogP contribution >= 0.6 is 0 Å². The predicted molar refractivity (Wildman–Crippen MR) is 82.6 cm³/mol. The lowest BCUT2D eigenvalue weighted by Crippen LogP contribution is -2.40. The SMILES string of the molecule is CNc1ncc(C(=O)NC2CCCOC2)c2ccccc12. The average Bonchev–Trinajstić information content (AvgIpc) is 2.54. The van der Waals surface area contributed by atoms with Crippen LogP contribution in [0.4, 0.5) is 5.82 Å². The number of carbonyl (C=O) groups is 1. The molecule has 1 amide bonds. The number of aromatic nitrogens is 1. The van der Waals surface area contributed by atoms with Gasteiger partial charge in [-0.25, -0.2) is 4.98 Å². The zero-order valence-electron chi connectivity index (χ0n) is 12.1. The first-order valence-electron chi connectivity index (χ1n) is 7.23. The molecule has 5 nitrogen and oxygen atoms in total. The Morgan fingerprint density at radius 2 is 2.14 bits per heavy atom. The Kier molecular flexibility index (Phi) is 4.01. The Hall–Kier alpha value is -2.14. The number of nitrogens with zero attached hydrogens (tertiary/aromatic N) is 1. The first-order valence-corrected chi connectivity index (χ1v) is 7.23. The van der Waals surface area contributed by atoms with E-state index in [1.165, 1.54) is 0 Å². The van der Waals surface area contributed by atoms with Crippen LogP contribution in [0.3, 0.4) is 0 Å². The van der Waals surface area contributed by atoms with E-state index in [1.54, 1.807) is 6.20 Å². The lowest BCUT2D eigenvalue weighted by Gasteiger charge is -2.23. The molecule has 1 aliphatic rings. The maximum absolute atomic E-state index is 12.5. The summed E-state index contributed by atoms with van der Waals surface area (Å²) >= 11 is 0. The fourth-order valence-electron chi connectivity index (χ4n) is 2.69. The number of hydrogen-bond donors (Lipinski definition) is 2. The predicted octanol–water partition coefficient (Wildman–Crippen LogP) is 2.19. The minimum atomic E-state index is -0.0862. The lowest BCUT2D eigenvalue weighted by atomic mass is 10.1. The molecule has 1 fully saturated rings. The monoisotopic (exact) mass is 285 g/mol. The van der Waals surface area contributed by atoms with Crippen molar-refractivity contribution >= 4 is 22.5 Å². The maximum atomic E-state index is 12.5. The van der Waals surface area contributed by atoms with E-state index in [4.69, 9.17) is 4.74 Å². The highest BCUT2D eigenvalue weighted by molar-refractivity contribution is 6.09. The highest BCUT2D eigenvalue weighted by Crippen LogP contribution is 2.24. The van der Waals surface area contributed by atoms with Gasteiger partial charge in [-0.2, -0.15) is 0 Å². The van der Waals surface area contributed by atoms with Crippen LogP contribution in [-0.2, 0) is 4.74 Å². The van der Waals surface area contributed by atoms with Crippen molar-refractivity contribution in [1.82, 2.24) is 10.3 Å². The number of fused-ring (bicyclic) bond motifs is 1. The molecule has 0 aliphatic carbocycles. The fourth-order valence-corrected chi connectivity index (χ4v) is 2.69. The Morgan fingerprint density at radius 3 is 2.86 bits per heavy atom. The summed E-state index contributed by atoms with van der Waals surface area (Å²) < 4.78 is 5.40. The molecule has 2 heterocycles.